The van der Waals surface area contributed by atoms with Crippen LogP contribution in [0, 0.1) is 0 Å². The Balaban J connectivity index is 1.44. The van der Waals surface area contributed by atoms with Crippen molar-refractivity contribution >= 4 is 23.1 Å². The van der Waals surface area contributed by atoms with E-state index in [4.69, 9.17) is 0 Å². The predicted octanol–water partition coefficient (Wildman–Crippen LogP) is 2.45. The molecule has 2 N–H and O–H groups in total. The number of hydrogen-bond acceptors (Lipinski definition) is 7. The zero-order valence-corrected chi connectivity index (χ0v) is 14.0. The minimum absolute atomic E-state index is 0.257. The summed E-state index contributed by atoms with van der Waals surface area (Å²) in [5, 5.41) is 5.97. The molecule has 0 aliphatic heterocycles. The molecule has 0 radical (unpaired) electrons. The summed E-state index contributed by atoms with van der Waals surface area (Å²) in [5.74, 6) is 1.03. The largest absolute Gasteiger partial charge is 0.340 e. The molecule has 0 saturated heterocycles. The molecule has 27 heavy (non-hydrogen) atoms. The van der Waals surface area contributed by atoms with Crippen LogP contribution in [-0.2, 0) is 0 Å². The highest BCUT2D eigenvalue weighted by Crippen LogP contribution is 2.19. The maximum Gasteiger partial charge on any atom is 0.275 e. The van der Waals surface area contributed by atoms with Crippen LogP contribution >= 0.6 is 0 Å². The van der Waals surface area contributed by atoms with Crippen LogP contribution in [0.1, 0.15) is 10.5 Å². The summed E-state index contributed by atoms with van der Waals surface area (Å²) < 4.78 is 1.79. The van der Waals surface area contributed by atoms with Gasteiger partial charge in [0.15, 0.2) is 0 Å². The monoisotopic (exact) mass is 358 g/mol. The van der Waals surface area contributed by atoms with E-state index in [0.717, 1.165) is 5.69 Å². The smallest absolute Gasteiger partial charge is 0.275 e. The Morgan fingerprint density at radius 2 is 1.78 bits per heavy atom. The van der Waals surface area contributed by atoms with Gasteiger partial charge in [-0.1, -0.05) is 0 Å². The van der Waals surface area contributed by atoms with E-state index in [1.165, 1.54) is 24.9 Å². The Bertz CT molecular complexity index is 1030. The molecule has 3 heterocycles. The topological polar surface area (TPSA) is 111 Å². The fourth-order valence-corrected chi connectivity index (χ4v) is 2.35. The molecule has 0 fully saturated rings. The van der Waals surface area contributed by atoms with Crippen molar-refractivity contribution in [3.8, 4) is 5.82 Å². The second-order valence-electron chi connectivity index (χ2n) is 5.48. The molecule has 4 aromatic rings. The first-order chi connectivity index (χ1) is 13.3. The molecule has 9 nitrogen and oxygen atoms in total. The summed E-state index contributed by atoms with van der Waals surface area (Å²) in [6.07, 6.45) is 11.0. The van der Waals surface area contributed by atoms with Crippen LogP contribution in [-0.4, -0.2) is 35.4 Å². The molecule has 9 heteroatoms. The summed E-state index contributed by atoms with van der Waals surface area (Å²) in [4.78, 5) is 32.4. The van der Waals surface area contributed by atoms with Crippen molar-refractivity contribution in [1.29, 1.82) is 0 Å². The van der Waals surface area contributed by atoms with Gasteiger partial charge in [-0.25, -0.2) is 19.9 Å². The minimum Gasteiger partial charge on any atom is -0.340 e. The highest BCUT2D eigenvalue weighted by Gasteiger charge is 2.07. The van der Waals surface area contributed by atoms with Crippen molar-refractivity contribution < 1.29 is 4.79 Å². The van der Waals surface area contributed by atoms with E-state index in [0.29, 0.717) is 17.3 Å². The Morgan fingerprint density at radius 3 is 2.52 bits per heavy atom. The number of imidazole rings is 1. The summed E-state index contributed by atoms with van der Waals surface area (Å²) in [7, 11) is 0. The SMILES string of the molecule is O=C(Nc1ccc(Nc2cc(-n3ccnc3)ncn2)cc1)c1cnccn1. The molecule has 132 valence electrons. The van der Waals surface area contributed by atoms with E-state index in [9.17, 15) is 4.79 Å². The van der Waals surface area contributed by atoms with Gasteiger partial charge in [0, 0.05) is 42.2 Å². The van der Waals surface area contributed by atoms with Crippen molar-refractivity contribution in [2.75, 3.05) is 10.6 Å². The standard InChI is InChI=1S/C18H14N8O/c27-18(15-10-19-5-6-21-15)25-14-3-1-13(2-4-14)24-16-9-17(23-11-22-16)26-8-7-20-12-26/h1-12H,(H,25,27)(H,22,23,24). The number of benzene rings is 1. The molecule has 0 unspecified atom stereocenters. The highest BCUT2D eigenvalue weighted by atomic mass is 16.1. The molecular formula is C18H14N8O. The number of amides is 1. The van der Waals surface area contributed by atoms with Crippen molar-refractivity contribution in [3.63, 3.8) is 0 Å². The van der Waals surface area contributed by atoms with Crippen molar-refractivity contribution in [2.45, 2.75) is 0 Å². The van der Waals surface area contributed by atoms with Crippen LogP contribution in [0.2, 0.25) is 0 Å². The van der Waals surface area contributed by atoms with Crippen LogP contribution in [0.5, 0.6) is 0 Å². The number of anilines is 3. The molecule has 1 amide bonds. The number of carbonyl (C=O) groups is 1. The van der Waals surface area contributed by atoms with Gasteiger partial charge in [-0.15, -0.1) is 0 Å². The third-order valence-corrected chi connectivity index (χ3v) is 3.63. The highest BCUT2D eigenvalue weighted by molar-refractivity contribution is 6.02. The number of carbonyl (C=O) groups excluding carboxylic acids is 1. The van der Waals surface area contributed by atoms with E-state index in [2.05, 4.69) is 35.6 Å². The third kappa shape index (κ3) is 3.93. The fourth-order valence-electron chi connectivity index (χ4n) is 2.35. The number of aromatic nitrogens is 6. The zero-order valence-electron chi connectivity index (χ0n) is 14.0. The van der Waals surface area contributed by atoms with Gasteiger partial charge >= 0.3 is 0 Å². The Hall–Kier alpha value is -4.14. The van der Waals surface area contributed by atoms with Crippen molar-refractivity contribution in [2.24, 2.45) is 0 Å². The fraction of sp³-hybridized carbons (Fsp3) is 0. The lowest BCUT2D eigenvalue weighted by atomic mass is 10.2. The Kier molecular flexibility index (Phi) is 4.48. The first-order valence-electron chi connectivity index (χ1n) is 8.03. The molecule has 1 aromatic carbocycles. The molecule has 0 bridgehead atoms. The molecule has 0 atom stereocenters. The summed E-state index contributed by atoms with van der Waals surface area (Å²) in [6.45, 7) is 0. The maximum atomic E-state index is 12.1. The molecule has 0 spiro atoms. The third-order valence-electron chi connectivity index (χ3n) is 3.63. The summed E-state index contributed by atoms with van der Waals surface area (Å²) in [6, 6.07) is 9.06. The quantitative estimate of drug-likeness (QED) is 0.564. The van der Waals surface area contributed by atoms with Gasteiger partial charge in [0.1, 0.15) is 30.0 Å². The molecular weight excluding hydrogens is 344 g/mol. The minimum atomic E-state index is -0.315. The normalized spacial score (nSPS) is 10.4. The van der Waals surface area contributed by atoms with Crippen LogP contribution < -0.4 is 10.6 Å². The Labute approximate surface area is 154 Å². The zero-order chi connectivity index (χ0) is 18.5. The number of hydrogen-bond donors (Lipinski definition) is 2. The molecule has 0 saturated carbocycles. The van der Waals surface area contributed by atoms with Crippen LogP contribution in [0.25, 0.3) is 5.82 Å². The van der Waals surface area contributed by atoms with Crippen molar-refractivity contribution in [1.82, 2.24) is 29.5 Å². The second kappa shape index (κ2) is 7.40. The number of rotatable bonds is 5. The van der Waals surface area contributed by atoms with Gasteiger partial charge in [0.25, 0.3) is 5.91 Å². The van der Waals surface area contributed by atoms with Gasteiger partial charge in [0.05, 0.1) is 6.20 Å². The van der Waals surface area contributed by atoms with E-state index < -0.39 is 0 Å². The Morgan fingerprint density at radius 1 is 0.926 bits per heavy atom. The summed E-state index contributed by atoms with van der Waals surface area (Å²) in [5.41, 5.74) is 1.73. The lowest BCUT2D eigenvalue weighted by Gasteiger charge is -2.09. The van der Waals surface area contributed by atoms with Gasteiger partial charge in [0.2, 0.25) is 0 Å². The molecule has 3 aromatic heterocycles. The van der Waals surface area contributed by atoms with E-state index >= 15 is 0 Å². The average Bonchev–Trinajstić information content (AvgIpc) is 3.25. The van der Waals surface area contributed by atoms with Crippen LogP contribution in [0.4, 0.5) is 17.2 Å². The summed E-state index contributed by atoms with van der Waals surface area (Å²) >= 11 is 0. The van der Waals surface area contributed by atoms with E-state index in [1.807, 2.05) is 18.2 Å². The number of nitrogens with zero attached hydrogens (tertiary/aromatic N) is 6. The lowest BCUT2D eigenvalue weighted by molar-refractivity contribution is 0.102. The second-order valence-corrected chi connectivity index (χ2v) is 5.48. The molecule has 0 aliphatic rings. The molecule has 0 aliphatic carbocycles. The van der Waals surface area contributed by atoms with E-state index in [1.54, 1.807) is 35.4 Å². The van der Waals surface area contributed by atoms with Gasteiger partial charge < -0.3 is 10.6 Å². The van der Waals surface area contributed by atoms with Gasteiger partial charge in [-0.05, 0) is 24.3 Å². The molecule has 4 rings (SSSR count). The van der Waals surface area contributed by atoms with Gasteiger partial charge in [-0.2, -0.15) is 0 Å². The maximum absolute atomic E-state index is 12.1. The first kappa shape index (κ1) is 16.3. The van der Waals surface area contributed by atoms with Crippen molar-refractivity contribution in [3.05, 3.63) is 79.7 Å². The first-order valence-corrected chi connectivity index (χ1v) is 8.03. The lowest BCUT2D eigenvalue weighted by Crippen LogP contribution is -2.13. The van der Waals surface area contributed by atoms with E-state index in [-0.39, 0.29) is 11.6 Å². The van der Waals surface area contributed by atoms with Gasteiger partial charge in [-0.3, -0.25) is 14.3 Å². The van der Waals surface area contributed by atoms with Crippen LogP contribution in [0.3, 0.4) is 0 Å². The number of nitrogens with one attached hydrogen (secondary N) is 2. The average molecular weight is 358 g/mol. The predicted molar refractivity (Wildman–Crippen MR) is 98.9 cm³/mol. The van der Waals surface area contributed by atoms with Crippen LogP contribution in [0.15, 0.2) is 74.0 Å².